The van der Waals surface area contributed by atoms with Crippen LogP contribution in [0.3, 0.4) is 0 Å². The van der Waals surface area contributed by atoms with Crippen LogP contribution in [0.4, 0.5) is 23.2 Å². The molecule has 0 bridgehead atoms. The van der Waals surface area contributed by atoms with E-state index >= 15 is 0 Å². The number of alkyl halides is 3. The Hall–Kier alpha value is -2.88. The van der Waals surface area contributed by atoms with Gasteiger partial charge < -0.3 is 15.2 Å². The second kappa shape index (κ2) is 8.23. The summed E-state index contributed by atoms with van der Waals surface area (Å²) >= 11 is 6.30. The van der Waals surface area contributed by atoms with Gasteiger partial charge in [-0.15, -0.1) is 0 Å². The minimum Gasteiger partial charge on any atom is -0.340 e. The van der Waals surface area contributed by atoms with Crippen molar-refractivity contribution in [3.05, 3.63) is 51.6 Å². The lowest BCUT2D eigenvalue weighted by atomic mass is 10.0. The van der Waals surface area contributed by atoms with Crippen molar-refractivity contribution in [1.82, 2.24) is 9.88 Å². The third-order valence-corrected chi connectivity index (χ3v) is 5.67. The summed E-state index contributed by atoms with van der Waals surface area (Å²) in [4.78, 5) is 38.0. The van der Waals surface area contributed by atoms with Gasteiger partial charge >= 0.3 is 6.18 Å². The third kappa shape index (κ3) is 4.23. The van der Waals surface area contributed by atoms with Crippen LogP contribution in [0.1, 0.15) is 52.4 Å². The summed E-state index contributed by atoms with van der Waals surface area (Å²) in [6, 6.07) is 3.94. The fraction of sp³-hybridized carbons (Fsp3) is 0.381. The smallest absolute Gasteiger partial charge is 0.340 e. The van der Waals surface area contributed by atoms with Crippen molar-refractivity contribution >= 4 is 34.9 Å². The lowest BCUT2D eigenvalue weighted by Gasteiger charge is -2.28. The SMILES string of the molecule is Cc1cc(NC(=O)c2c(Cl)c(C(=O)C(=O)NC(C)(C)C(F)(F)F)n3c2CCC3)ccc1F. The van der Waals surface area contributed by atoms with E-state index in [9.17, 15) is 31.9 Å². The Bertz CT molecular complexity index is 1120. The quantitative estimate of drug-likeness (QED) is 0.383. The summed E-state index contributed by atoms with van der Waals surface area (Å²) < 4.78 is 54.1. The summed E-state index contributed by atoms with van der Waals surface area (Å²) in [7, 11) is 0. The van der Waals surface area contributed by atoms with Gasteiger partial charge in [-0.25, -0.2) is 4.39 Å². The van der Waals surface area contributed by atoms with E-state index < -0.39 is 35.1 Å². The molecule has 6 nitrogen and oxygen atoms in total. The number of benzene rings is 1. The molecule has 0 radical (unpaired) electrons. The van der Waals surface area contributed by atoms with Gasteiger partial charge in [-0.2, -0.15) is 13.2 Å². The number of nitrogens with zero attached hydrogens (tertiary/aromatic N) is 1. The van der Waals surface area contributed by atoms with Crippen LogP contribution >= 0.6 is 11.6 Å². The number of hydrogen-bond acceptors (Lipinski definition) is 3. The molecule has 0 spiro atoms. The van der Waals surface area contributed by atoms with Gasteiger partial charge in [0.15, 0.2) is 0 Å². The van der Waals surface area contributed by atoms with Crippen LogP contribution in [-0.4, -0.2) is 33.9 Å². The zero-order chi connectivity index (χ0) is 24.0. The standard InChI is InChI=1S/C21H20ClF4N3O3/c1-10-9-11(6-7-12(10)23)27-18(31)14-13-5-4-8-29(13)16(15(14)22)17(30)19(32)28-20(2,3)21(24,25)26/h6-7,9H,4-5,8H2,1-3H3,(H,27,31)(H,28,32). The molecule has 1 aromatic heterocycles. The topological polar surface area (TPSA) is 80.2 Å². The molecule has 2 aromatic rings. The minimum absolute atomic E-state index is 0.0441. The highest BCUT2D eigenvalue weighted by Crippen LogP contribution is 2.35. The van der Waals surface area contributed by atoms with Crippen LogP contribution in [0.25, 0.3) is 0 Å². The number of halogens is 5. The zero-order valence-electron chi connectivity index (χ0n) is 17.4. The number of ketones is 1. The summed E-state index contributed by atoms with van der Waals surface area (Å²) in [5, 5.41) is 3.94. The van der Waals surface area contributed by atoms with E-state index in [0.29, 0.717) is 29.8 Å². The molecular weight excluding hydrogens is 454 g/mol. The molecule has 2 N–H and O–H groups in total. The zero-order valence-corrected chi connectivity index (χ0v) is 18.2. The molecule has 3 rings (SSSR count). The summed E-state index contributed by atoms with van der Waals surface area (Å²) in [6.07, 6.45) is -3.85. The Morgan fingerprint density at radius 1 is 1.16 bits per heavy atom. The van der Waals surface area contributed by atoms with Crippen molar-refractivity contribution in [2.75, 3.05) is 5.32 Å². The monoisotopic (exact) mass is 473 g/mol. The number of rotatable bonds is 5. The molecule has 0 saturated heterocycles. The summed E-state index contributed by atoms with van der Waals surface area (Å²) in [6.45, 7) is 3.25. The van der Waals surface area contributed by atoms with Gasteiger partial charge in [-0.05, 0) is 57.4 Å². The van der Waals surface area contributed by atoms with Gasteiger partial charge in [0.05, 0.1) is 10.6 Å². The molecule has 1 aromatic carbocycles. The predicted molar refractivity (Wildman–Crippen MR) is 109 cm³/mol. The van der Waals surface area contributed by atoms with Gasteiger partial charge in [-0.3, -0.25) is 14.4 Å². The number of fused-ring (bicyclic) bond motifs is 1. The maximum Gasteiger partial charge on any atom is 0.410 e. The van der Waals surface area contributed by atoms with E-state index in [0.717, 1.165) is 13.8 Å². The normalized spacial score (nSPS) is 13.6. The molecule has 0 unspecified atom stereocenters. The van der Waals surface area contributed by atoms with Crippen LogP contribution in [0, 0.1) is 12.7 Å². The highest BCUT2D eigenvalue weighted by molar-refractivity contribution is 6.48. The first kappa shape index (κ1) is 23.8. The van der Waals surface area contributed by atoms with Crippen molar-refractivity contribution in [3.8, 4) is 0 Å². The van der Waals surface area contributed by atoms with Crippen molar-refractivity contribution in [1.29, 1.82) is 0 Å². The van der Waals surface area contributed by atoms with Gasteiger partial charge in [0.25, 0.3) is 17.6 Å². The highest BCUT2D eigenvalue weighted by Gasteiger charge is 2.49. The van der Waals surface area contributed by atoms with Gasteiger partial charge in [0.2, 0.25) is 0 Å². The number of carbonyl (C=O) groups excluding carboxylic acids is 3. The average molecular weight is 474 g/mol. The molecular formula is C21H20ClF4N3O3. The first-order chi connectivity index (χ1) is 14.7. The van der Waals surface area contributed by atoms with E-state index in [1.807, 2.05) is 0 Å². The van der Waals surface area contributed by atoms with Gasteiger partial charge in [0.1, 0.15) is 17.1 Å². The highest BCUT2D eigenvalue weighted by atomic mass is 35.5. The van der Waals surface area contributed by atoms with Crippen LogP contribution in [0.2, 0.25) is 5.02 Å². The molecule has 0 saturated carbocycles. The number of aromatic nitrogens is 1. The molecule has 0 fully saturated rings. The molecule has 1 aliphatic rings. The first-order valence-corrected chi connectivity index (χ1v) is 10.0. The molecule has 2 amide bonds. The van der Waals surface area contributed by atoms with Crippen LogP contribution in [0.15, 0.2) is 18.2 Å². The van der Waals surface area contributed by atoms with Crippen molar-refractivity contribution in [2.45, 2.75) is 51.9 Å². The maximum atomic E-state index is 13.5. The second-order valence-electron chi connectivity index (χ2n) is 8.06. The number of hydrogen-bond donors (Lipinski definition) is 2. The Morgan fingerprint density at radius 2 is 1.81 bits per heavy atom. The van der Waals surface area contributed by atoms with E-state index in [1.165, 1.54) is 29.7 Å². The van der Waals surface area contributed by atoms with E-state index in [2.05, 4.69) is 5.32 Å². The Morgan fingerprint density at radius 3 is 2.41 bits per heavy atom. The molecule has 172 valence electrons. The summed E-state index contributed by atoms with van der Waals surface area (Å²) in [5.41, 5.74) is -2.03. The van der Waals surface area contributed by atoms with Gasteiger partial charge in [-0.1, -0.05) is 11.6 Å². The molecule has 0 atom stereocenters. The van der Waals surface area contributed by atoms with Crippen LogP contribution in [-0.2, 0) is 17.8 Å². The lowest BCUT2D eigenvalue weighted by Crippen LogP contribution is -2.56. The predicted octanol–water partition coefficient (Wildman–Crippen LogP) is 4.43. The van der Waals surface area contributed by atoms with Gasteiger partial charge in [0, 0.05) is 17.9 Å². The fourth-order valence-electron chi connectivity index (χ4n) is 3.43. The van der Waals surface area contributed by atoms with Crippen molar-refractivity contribution in [2.24, 2.45) is 0 Å². The largest absolute Gasteiger partial charge is 0.410 e. The second-order valence-corrected chi connectivity index (χ2v) is 8.44. The first-order valence-electron chi connectivity index (χ1n) is 9.66. The number of amides is 2. The average Bonchev–Trinajstić information content (AvgIpc) is 3.22. The third-order valence-electron chi connectivity index (χ3n) is 5.31. The van der Waals surface area contributed by atoms with Crippen LogP contribution in [0.5, 0.6) is 0 Å². The summed E-state index contributed by atoms with van der Waals surface area (Å²) in [5.74, 6) is -3.89. The number of Topliss-reactive ketones (excluding diaryl/α,β-unsaturated/α-hetero) is 1. The molecule has 32 heavy (non-hydrogen) atoms. The van der Waals surface area contributed by atoms with E-state index in [-0.39, 0.29) is 22.8 Å². The number of anilines is 1. The Kier molecular flexibility index (Phi) is 6.12. The Labute approximate surface area is 185 Å². The number of carbonyl (C=O) groups is 3. The van der Waals surface area contributed by atoms with Crippen LogP contribution < -0.4 is 10.6 Å². The number of aryl methyl sites for hydroxylation is 1. The molecule has 11 heteroatoms. The van der Waals surface area contributed by atoms with Crippen molar-refractivity contribution in [3.63, 3.8) is 0 Å². The minimum atomic E-state index is -4.79. The maximum absolute atomic E-state index is 13.5. The Balaban J connectivity index is 1.93. The molecule has 2 heterocycles. The molecule has 0 aliphatic carbocycles. The van der Waals surface area contributed by atoms with E-state index in [4.69, 9.17) is 11.6 Å². The van der Waals surface area contributed by atoms with Crippen molar-refractivity contribution < 1.29 is 31.9 Å². The molecule has 1 aliphatic heterocycles. The number of nitrogens with one attached hydrogen (secondary N) is 2. The lowest BCUT2D eigenvalue weighted by molar-refractivity contribution is -0.187. The fourth-order valence-corrected chi connectivity index (χ4v) is 3.82. The van der Waals surface area contributed by atoms with E-state index in [1.54, 1.807) is 5.32 Å².